The molecule has 0 saturated heterocycles. The zero-order valence-electron chi connectivity index (χ0n) is 16.8. The van der Waals surface area contributed by atoms with Gasteiger partial charge in [-0.1, -0.05) is 19.8 Å². The fraction of sp³-hybridized carbons (Fsp3) is 0.500. The van der Waals surface area contributed by atoms with E-state index < -0.39 is 24.0 Å². The number of unbranched alkanes of at least 4 members (excludes halogenated alkanes) is 1. The first kappa shape index (κ1) is 20.9. The van der Waals surface area contributed by atoms with E-state index in [9.17, 15) is 19.5 Å². The van der Waals surface area contributed by atoms with Crippen molar-refractivity contribution in [2.24, 2.45) is 0 Å². The number of benzene rings is 1. The number of rotatable bonds is 8. The second-order valence-electron chi connectivity index (χ2n) is 7.51. The Labute approximate surface area is 169 Å². The summed E-state index contributed by atoms with van der Waals surface area (Å²) in [6.45, 7) is 3.52. The number of carbonyl (C=O) groups is 2. The molecule has 1 heterocycles. The number of carboxylic acids is 1. The van der Waals surface area contributed by atoms with Crippen LogP contribution in [-0.2, 0) is 22.4 Å². The van der Waals surface area contributed by atoms with Gasteiger partial charge in [-0.2, -0.15) is 0 Å². The van der Waals surface area contributed by atoms with Gasteiger partial charge >= 0.3 is 11.6 Å². The van der Waals surface area contributed by atoms with Gasteiger partial charge in [0.15, 0.2) is 6.10 Å². The van der Waals surface area contributed by atoms with Crippen molar-refractivity contribution in [3.8, 4) is 5.75 Å². The highest BCUT2D eigenvalue weighted by Crippen LogP contribution is 2.29. The maximum Gasteiger partial charge on any atom is 0.339 e. The quantitative estimate of drug-likeness (QED) is 0.658. The molecular formula is C22H27NO6. The highest BCUT2D eigenvalue weighted by molar-refractivity contribution is 5.86. The van der Waals surface area contributed by atoms with Gasteiger partial charge in [0.05, 0.1) is 0 Å². The molecule has 0 aliphatic heterocycles. The number of carbonyl (C=O) groups excluding carboxylic acids is 1. The molecule has 0 spiro atoms. The van der Waals surface area contributed by atoms with Crippen LogP contribution in [-0.4, -0.2) is 29.1 Å². The van der Waals surface area contributed by atoms with Crippen molar-refractivity contribution in [3.63, 3.8) is 0 Å². The summed E-state index contributed by atoms with van der Waals surface area (Å²) >= 11 is 0. The summed E-state index contributed by atoms with van der Waals surface area (Å²) in [5.74, 6) is -1.17. The minimum atomic E-state index is -1.06. The zero-order chi connectivity index (χ0) is 21.0. The Bertz CT molecular complexity index is 964. The number of ether oxygens (including phenoxy) is 1. The van der Waals surface area contributed by atoms with Crippen molar-refractivity contribution in [2.45, 2.75) is 70.9 Å². The van der Waals surface area contributed by atoms with E-state index in [2.05, 4.69) is 5.32 Å². The molecule has 2 atom stereocenters. The number of carboxylic acid groups (broad SMARTS) is 1. The number of nitrogens with one attached hydrogen (secondary N) is 1. The van der Waals surface area contributed by atoms with Crippen LogP contribution in [0.3, 0.4) is 0 Å². The molecule has 29 heavy (non-hydrogen) atoms. The second-order valence-corrected chi connectivity index (χ2v) is 7.51. The van der Waals surface area contributed by atoms with Crippen LogP contribution < -0.4 is 15.7 Å². The summed E-state index contributed by atoms with van der Waals surface area (Å²) in [6, 6.07) is 4.27. The number of hydrogen-bond donors (Lipinski definition) is 2. The Hall–Kier alpha value is -2.83. The van der Waals surface area contributed by atoms with Gasteiger partial charge < -0.3 is 19.6 Å². The number of amides is 1. The van der Waals surface area contributed by atoms with Crippen LogP contribution in [0.2, 0.25) is 0 Å². The van der Waals surface area contributed by atoms with Gasteiger partial charge in [-0.05, 0) is 56.7 Å². The summed E-state index contributed by atoms with van der Waals surface area (Å²) in [5.41, 5.74) is 1.93. The van der Waals surface area contributed by atoms with Crippen LogP contribution >= 0.6 is 0 Å². The lowest BCUT2D eigenvalue weighted by molar-refractivity contribution is -0.143. The van der Waals surface area contributed by atoms with Crippen LogP contribution in [0.25, 0.3) is 11.0 Å². The average molecular weight is 401 g/mol. The van der Waals surface area contributed by atoms with E-state index in [-0.39, 0.29) is 5.63 Å². The van der Waals surface area contributed by atoms with E-state index in [0.29, 0.717) is 24.2 Å². The lowest BCUT2D eigenvalue weighted by atomic mass is 9.91. The maximum atomic E-state index is 12.4. The molecule has 3 rings (SSSR count). The molecule has 1 amide bonds. The van der Waals surface area contributed by atoms with Crippen LogP contribution in [0.5, 0.6) is 5.75 Å². The molecule has 0 fully saturated rings. The topological polar surface area (TPSA) is 106 Å². The molecule has 0 saturated carbocycles. The Morgan fingerprint density at radius 3 is 2.66 bits per heavy atom. The van der Waals surface area contributed by atoms with Crippen molar-refractivity contribution in [3.05, 3.63) is 39.7 Å². The smallest absolute Gasteiger partial charge is 0.339 e. The van der Waals surface area contributed by atoms with Crippen LogP contribution in [0.1, 0.15) is 57.1 Å². The molecule has 7 heteroatoms. The summed E-state index contributed by atoms with van der Waals surface area (Å²) in [4.78, 5) is 35.9. The van der Waals surface area contributed by atoms with E-state index in [1.54, 1.807) is 19.1 Å². The molecule has 1 aliphatic carbocycles. The van der Waals surface area contributed by atoms with Crippen molar-refractivity contribution < 1.29 is 23.8 Å². The predicted molar refractivity (Wildman–Crippen MR) is 108 cm³/mol. The first-order chi connectivity index (χ1) is 13.9. The molecule has 2 unspecified atom stereocenters. The van der Waals surface area contributed by atoms with E-state index in [0.717, 1.165) is 48.6 Å². The van der Waals surface area contributed by atoms with Gasteiger partial charge in [-0.15, -0.1) is 0 Å². The zero-order valence-corrected chi connectivity index (χ0v) is 16.8. The van der Waals surface area contributed by atoms with Gasteiger partial charge in [0.25, 0.3) is 5.91 Å². The molecule has 156 valence electrons. The second kappa shape index (κ2) is 9.11. The Balaban J connectivity index is 1.74. The minimum absolute atomic E-state index is 0.310. The lowest BCUT2D eigenvalue weighted by Gasteiger charge is -2.19. The van der Waals surface area contributed by atoms with Crippen LogP contribution in [0.15, 0.2) is 27.4 Å². The van der Waals surface area contributed by atoms with E-state index in [1.165, 1.54) is 0 Å². The normalized spacial score (nSPS) is 15.4. The maximum absolute atomic E-state index is 12.4. The van der Waals surface area contributed by atoms with Crippen molar-refractivity contribution in [2.75, 3.05) is 0 Å². The van der Waals surface area contributed by atoms with Crippen LogP contribution in [0, 0.1) is 0 Å². The predicted octanol–water partition coefficient (Wildman–Crippen LogP) is 3.20. The number of hydrogen-bond acceptors (Lipinski definition) is 5. The number of fused-ring (bicyclic) bond motifs is 3. The number of aliphatic carboxylic acids is 1. The average Bonchev–Trinajstić information content (AvgIpc) is 2.70. The Kier molecular flexibility index (Phi) is 6.56. The molecule has 2 N–H and O–H groups in total. The van der Waals surface area contributed by atoms with Crippen molar-refractivity contribution in [1.29, 1.82) is 0 Å². The molecule has 0 radical (unpaired) electrons. The monoisotopic (exact) mass is 401 g/mol. The summed E-state index contributed by atoms with van der Waals surface area (Å²) in [6.07, 6.45) is 4.67. The highest BCUT2D eigenvalue weighted by Gasteiger charge is 2.24. The van der Waals surface area contributed by atoms with Crippen molar-refractivity contribution in [1.82, 2.24) is 5.32 Å². The van der Waals surface area contributed by atoms with E-state index in [4.69, 9.17) is 9.15 Å². The van der Waals surface area contributed by atoms with Gasteiger partial charge in [-0.3, -0.25) is 4.79 Å². The minimum Gasteiger partial charge on any atom is -0.481 e. The Morgan fingerprint density at radius 1 is 1.24 bits per heavy atom. The third kappa shape index (κ3) is 4.78. The van der Waals surface area contributed by atoms with Gasteiger partial charge in [0, 0.05) is 17.0 Å². The van der Waals surface area contributed by atoms with Crippen LogP contribution in [0.4, 0.5) is 0 Å². The third-order valence-electron chi connectivity index (χ3n) is 5.34. The molecular weight excluding hydrogens is 374 g/mol. The Morgan fingerprint density at radius 2 is 1.97 bits per heavy atom. The fourth-order valence-electron chi connectivity index (χ4n) is 3.71. The van der Waals surface area contributed by atoms with Gasteiger partial charge in [0.1, 0.15) is 17.4 Å². The molecule has 1 aliphatic rings. The van der Waals surface area contributed by atoms with Crippen molar-refractivity contribution >= 4 is 22.8 Å². The SMILES string of the molecule is CCCCC(NC(=O)C(C)Oc1ccc2c3c(c(=O)oc2c1)CCCC3)C(=O)O. The van der Waals surface area contributed by atoms with E-state index >= 15 is 0 Å². The summed E-state index contributed by atoms with van der Waals surface area (Å²) < 4.78 is 11.2. The number of aryl methyl sites for hydroxylation is 1. The van der Waals surface area contributed by atoms with Gasteiger partial charge in [-0.25, -0.2) is 9.59 Å². The molecule has 1 aromatic carbocycles. The standard InChI is InChI=1S/C22H27NO6/c1-3-4-9-18(21(25)26)23-20(24)13(2)28-14-10-11-16-15-7-5-6-8-17(15)22(27)29-19(16)12-14/h10-13,18H,3-9H2,1-2H3,(H,23,24)(H,25,26). The first-order valence-corrected chi connectivity index (χ1v) is 10.2. The molecule has 2 aromatic rings. The largest absolute Gasteiger partial charge is 0.481 e. The molecule has 0 bridgehead atoms. The first-order valence-electron chi connectivity index (χ1n) is 10.2. The summed E-state index contributed by atoms with van der Waals surface area (Å²) in [5, 5.41) is 12.7. The van der Waals surface area contributed by atoms with Gasteiger partial charge in [0.2, 0.25) is 0 Å². The fourth-order valence-corrected chi connectivity index (χ4v) is 3.71. The third-order valence-corrected chi connectivity index (χ3v) is 5.34. The lowest BCUT2D eigenvalue weighted by Crippen LogP contribution is -2.46. The van der Waals surface area contributed by atoms with E-state index in [1.807, 2.05) is 13.0 Å². The molecule has 7 nitrogen and oxygen atoms in total. The molecule has 1 aromatic heterocycles. The summed E-state index contributed by atoms with van der Waals surface area (Å²) in [7, 11) is 0. The highest BCUT2D eigenvalue weighted by atomic mass is 16.5.